The van der Waals surface area contributed by atoms with Gasteiger partial charge in [0.15, 0.2) is 17.8 Å². The molecule has 0 aliphatic heterocycles. The highest BCUT2D eigenvalue weighted by Gasteiger charge is 2.35. The summed E-state index contributed by atoms with van der Waals surface area (Å²) in [4.78, 5) is 3.61. The molecule has 0 fully saturated rings. The molecule has 0 radical (unpaired) electrons. The molecule has 0 unspecified atom stereocenters. The van der Waals surface area contributed by atoms with E-state index in [2.05, 4.69) is 37.5 Å². The minimum atomic E-state index is -4.78. The van der Waals surface area contributed by atoms with Crippen LogP contribution in [-0.4, -0.2) is 29.6 Å². The molecule has 0 atom stereocenters. The van der Waals surface area contributed by atoms with Crippen LogP contribution < -0.4 is 10.2 Å². The van der Waals surface area contributed by atoms with Crippen LogP contribution in [-0.2, 0) is 6.18 Å². The summed E-state index contributed by atoms with van der Waals surface area (Å²) in [7, 11) is 0. The van der Waals surface area contributed by atoms with Crippen LogP contribution in [0, 0.1) is 0 Å². The molecule has 11 heteroatoms. The third-order valence-corrected chi connectivity index (χ3v) is 2.33. The summed E-state index contributed by atoms with van der Waals surface area (Å²) in [6.07, 6.45) is -9.42. The maximum absolute atomic E-state index is 12.8. The van der Waals surface area contributed by atoms with Gasteiger partial charge in [-0.2, -0.15) is 31.4 Å². The van der Waals surface area contributed by atoms with E-state index in [9.17, 15) is 26.3 Å². The second-order valence-electron chi connectivity index (χ2n) is 3.54. The lowest BCUT2D eigenvalue weighted by Gasteiger charge is -2.15. The molecule has 1 rings (SSSR count). The molecule has 0 aromatic carbocycles. The zero-order chi connectivity index (χ0) is 16.3. The van der Waals surface area contributed by atoms with Crippen LogP contribution in [0.2, 0.25) is 0 Å². The Morgan fingerprint density at radius 1 is 1.19 bits per heavy atom. The number of aromatic nitrogens is 1. The summed E-state index contributed by atoms with van der Waals surface area (Å²) in [5.41, 5.74) is -1.93. The van der Waals surface area contributed by atoms with Crippen LogP contribution in [0.3, 0.4) is 0 Å². The number of nitrogens with zero attached hydrogens (tertiary/aromatic N) is 3. The molecule has 0 aliphatic carbocycles. The van der Waals surface area contributed by atoms with Crippen LogP contribution in [0.4, 0.5) is 26.3 Å². The first-order valence-corrected chi connectivity index (χ1v) is 6.28. The fraction of sp³-hybridized carbons (Fsp3) is 0.400. The lowest BCUT2D eigenvalue weighted by Crippen LogP contribution is -2.29. The average molecular weight is 380 g/mol. The summed E-state index contributed by atoms with van der Waals surface area (Å²) >= 11 is 2.85. The van der Waals surface area contributed by atoms with Crippen LogP contribution in [0.1, 0.15) is 5.69 Å². The van der Waals surface area contributed by atoms with Crippen LogP contribution in [0.5, 0.6) is 5.75 Å². The van der Waals surface area contributed by atoms with Crippen molar-refractivity contribution < 1.29 is 31.1 Å². The van der Waals surface area contributed by atoms with E-state index in [1.54, 1.807) is 0 Å². The van der Waals surface area contributed by atoms with Gasteiger partial charge in [-0.15, -0.1) is 0 Å². The molecule has 0 amide bonds. The number of hydrogen-bond donors (Lipinski definition) is 0. The molecule has 21 heavy (non-hydrogen) atoms. The molecule has 0 spiro atoms. The van der Waals surface area contributed by atoms with E-state index in [1.165, 1.54) is 0 Å². The maximum Gasteiger partial charge on any atom is 0.433 e. The average Bonchev–Trinajstić information content (AvgIpc) is 2.34. The van der Waals surface area contributed by atoms with E-state index in [1.807, 2.05) is 0 Å². The molecule has 1 heterocycles. The van der Waals surface area contributed by atoms with Crippen molar-refractivity contribution in [2.75, 3.05) is 12.1 Å². The Morgan fingerprint density at radius 2 is 1.81 bits per heavy atom. The third kappa shape index (κ3) is 4.76. The minimum absolute atomic E-state index is 0.161. The van der Waals surface area contributed by atoms with Crippen LogP contribution in [0.25, 0.3) is 0 Å². The van der Waals surface area contributed by atoms with Gasteiger partial charge >= 0.3 is 12.4 Å². The zero-order valence-corrected chi connectivity index (χ0v) is 11.8. The van der Waals surface area contributed by atoms with Gasteiger partial charge in [0.05, 0.1) is 5.45 Å². The molecule has 1 aromatic rings. The lowest BCUT2D eigenvalue weighted by atomic mass is 10.3. The molecule has 0 saturated heterocycles. The van der Waals surface area contributed by atoms with Crippen molar-refractivity contribution in [1.29, 1.82) is 0 Å². The van der Waals surface area contributed by atoms with Crippen LogP contribution >= 0.6 is 15.9 Å². The number of pyridine rings is 1. The quantitative estimate of drug-likeness (QED) is 0.342. The molecule has 0 bridgehead atoms. The van der Waals surface area contributed by atoms with E-state index < -0.39 is 35.9 Å². The normalized spacial score (nSPS) is 13.4. The Hall–Kier alpha value is -1.52. The molecular formula is C10H8BrF6N3O. The predicted octanol–water partition coefficient (Wildman–Crippen LogP) is 3.16. The summed E-state index contributed by atoms with van der Waals surface area (Å²) in [6.45, 7) is 1.29. The number of rotatable bonds is 4. The molecule has 0 aliphatic rings. The van der Waals surface area contributed by atoms with Gasteiger partial charge in [0.1, 0.15) is 5.69 Å². The fourth-order valence-corrected chi connectivity index (χ4v) is 1.59. The van der Waals surface area contributed by atoms with E-state index in [-0.39, 0.29) is 10.1 Å². The smallest absolute Gasteiger partial charge is 0.433 e. The van der Waals surface area contributed by atoms with Crippen molar-refractivity contribution in [1.82, 2.24) is 4.68 Å². The second-order valence-corrected chi connectivity index (χ2v) is 4.04. The summed E-state index contributed by atoms with van der Waals surface area (Å²) in [5.74, 6) is -0.493. The van der Waals surface area contributed by atoms with Gasteiger partial charge in [-0.05, 0) is 12.1 Å². The molecule has 4 nitrogen and oxygen atoms in total. The fourth-order valence-electron chi connectivity index (χ4n) is 1.35. The van der Waals surface area contributed by atoms with Gasteiger partial charge in [0.2, 0.25) is 0 Å². The third-order valence-electron chi connectivity index (χ3n) is 2.07. The van der Waals surface area contributed by atoms with E-state index in [0.717, 1.165) is 6.07 Å². The van der Waals surface area contributed by atoms with Gasteiger partial charge in [-0.25, -0.2) is 4.68 Å². The van der Waals surface area contributed by atoms with E-state index in [4.69, 9.17) is 0 Å². The standard InChI is InChI=1S/C10H8BrF6N3O/c1-18-20-7(10(15,16)17)3-2-6(8(20)19-5-11)21-4-9(12,13)14/h2-3H,1,4-5H2/b19-8-. The monoisotopic (exact) mass is 379 g/mol. The van der Waals surface area contributed by atoms with Crippen molar-refractivity contribution in [3.8, 4) is 5.75 Å². The highest BCUT2D eigenvalue weighted by atomic mass is 79.9. The maximum atomic E-state index is 12.8. The number of hydrogen-bond acceptors (Lipinski definition) is 3. The molecule has 1 aromatic heterocycles. The minimum Gasteiger partial charge on any atom is -0.480 e. The molecule has 118 valence electrons. The van der Waals surface area contributed by atoms with Gasteiger partial charge in [-0.3, -0.25) is 4.99 Å². The predicted molar refractivity (Wildman–Crippen MR) is 65.3 cm³/mol. The Labute approximate surface area is 122 Å². The Bertz CT molecular complexity index is 578. The van der Waals surface area contributed by atoms with E-state index >= 15 is 0 Å². The lowest BCUT2D eigenvalue weighted by molar-refractivity contribution is -0.154. The number of ether oxygens (including phenoxy) is 1. The van der Waals surface area contributed by atoms with Gasteiger partial charge in [0, 0.05) is 6.72 Å². The van der Waals surface area contributed by atoms with Crippen LogP contribution in [0.15, 0.2) is 22.2 Å². The van der Waals surface area contributed by atoms with Crippen molar-refractivity contribution in [2.24, 2.45) is 10.1 Å². The highest BCUT2D eigenvalue weighted by Crippen LogP contribution is 2.29. The first kappa shape index (κ1) is 17.5. The zero-order valence-electron chi connectivity index (χ0n) is 10.2. The van der Waals surface area contributed by atoms with Gasteiger partial charge < -0.3 is 4.74 Å². The van der Waals surface area contributed by atoms with Crippen molar-refractivity contribution in [3.63, 3.8) is 0 Å². The van der Waals surface area contributed by atoms with E-state index in [0.29, 0.717) is 6.07 Å². The van der Waals surface area contributed by atoms with Crippen molar-refractivity contribution in [3.05, 3.63) is 23.3 Å². The van der Waals surface area contributed by atoms with Gasteiger partial charge in [-0.1, -0.05) is 15.9 Å². The number of halogens is 7. The Kier molecular flexibility index (Phi) is 5.42. The highest BCUT2D eigenvalue weighted by molar-refractivity contribution is 9.09. The summed E-state index contributed by atoms with van der Waals surface area (Å²) in [6, 6.07) is 1.28. The summed E-state index contributed by atoms with van der Waals surface area (Å²) < 4.78 is 79.4. The Morgan fingerprint density at radius 3 is 2.24 bits per heavy atom. The Balaban J connectivity index is 3.42. The summed E-state index contributed by atoms with van der Waals surface area (Å²) in [5, 5.41) is 3.13. The van der Waals surface area contributed by atoms with Crippen molar-refractivity contribution in [2.45, 2.75) is 12.4 Å². The second kappa shape index (κ2) is 6.50. The number of alkyl halides is 7. The van der Waals surface area contributed by atoms with Crippen molar-refractivity contribution >= 4 is 22.6 Å². The first-order chi connectivity index (χ1) is 9.60. The SMILES string of the molecule is C=Nn1c(C(F)(F)F)ccc(OCC(F)(F)F)/c1=N/CBr. The van der Waals surface area contributed by atoms with Gasteiger partial charge in [0.25, 0.3) is 0 Å². The molecule has 0 saturated carbocycles. The first-order valence-electron chi connectivity index (χ1n) is 5.16. The topological polar surface area (TPSA) is 38.9 Å². The molecular weight excluding hydrogens is 372 g/mol. The largest absolute Gasteiger partial charge is 0.480 e. The molecule has 0 N–H and O–H groups in total.